The maximum absolute atomic E-state index is 13.1. The van der Waals surface area contributed by atoms with E-state index in [1.807, 2.05) is 18.7 Å². The molecule has 1 aromatic carbocycles. The Bertz CT molecular complexity index is 640. The summed E-state index contributed by atoms with van der Waals surface area (Å²) in [6.45, 7) is 7.36. The summed E-state index contributed by atoms with van der Waals surface area (Å²) in [5.74, 6) is -0.322. The van der Waals surface area contributed by atoms with Crippen LogP contribution in [-0.2, 0) is 4.79 Å². The highest BCUT2D eigenvalue weighted by atomic mass is 16.2. The molecule has 1 atom stereocenters. The molecule has 24 heavy (non-hydrogen) atoms. The zero-order valence-electron chi connectivity index (χ0n) is 14.5. The fourth-order valence-electron chi connectivity index (χ4n) is 3.57. The number of imide groups is 1. The molecule has 1 aromatic rings. The van der Waals surface area contributed by atoms with E-state index in [0.717, 1.165) is 12.8 Å². The number of rotatable bonds is 3. The molecule has 2 aliphatic heterocycles. The zero-order valence-corrected chi connectivity index (χ0v) is 14.5. The zero-order chi connectivity index (χ0) is 17.4. The lowest BCUT2D eigenvalue weighted by molar-refractivity contribution is -0.138. The average Bonchev–Trinajstić information content (AvgIpc) is 2.81. The van der Waals surface area contributed by atoms with Crippen LogP contribution in [0.1, 0.15) is 54.3 Å². The van der Waals surface area contributed by atoms with Crippen molar-refractivity contribution in [3.63, 3.8) is 0 Å². The van der Waals surface area contributed by atoms with Crippen LogP contribution in [0, 0.1) is 11.8 Å². The van der Waals surface area contributed by atoms with Gasteiger partial charge in [-0.25, -0.2) is 0 Å². The number of benzene rings is 1. The van der Waals surface area contributed by atoms with E-state index in [0.29, 0.717) is 30.1 Å². The summed E-state index contributed by atoms with van der Waals surface area (Å²) in [6.07, 6.45) is 1.94. The van der Waals surface area contributed by atoms with Crippen LogP contribution in [0.3, 0.4) is 0 Å². The quantitative estimate of drug-likeness (QED) is 0.801. The fraction of sp³-hybridized carbons (Fsp3) is 0.526. The first kappa shape index (κ1) is 16.7. The summed E-state index contributed by atoms with van der Waals surface area (Å²) in [7, 11) is 0. The minimum Gasteiger partial charge on any atom is -0.341 e. The highest BCUT2D eigenvalue weighted by Crippen LogP contribution is 2.29. The van der Waals surface area contributed by atoms with Crippen molar-refractivity contribution in [2.75, 3.05) is 13.1 Å². The number of likely N-dealkylation sites (tertiary alicyclic amines) is 1. The van der Waals surface area contributed by atoms with Crippen LogP contribution >= 0.6 is 0 Å². The van der Waals surface area contributed by atoms with Crippen molar-refractivity contribution < 1.29 is 14.4 Å². The second kappa shape index (κ2) is 6.38. The van der Waals surface area contributed by atoms with Crippen molar-refractivity contribution in [3.8, 4) is 0 Å². The van der Waals surface area contributed by atoms with Crippen molar-refractivity contribution in [1.29, 1.82) is 0 Å². The molecule has 1 fully saturated rings. The summed E-state index contributed by atoms with van der Waals surface area (Å²) in [6, 6.07) is 6.06. The Morgan fingerprint density at radius 3 is 2.00 bits per heavy atom. The molecule has 0 aromatic heterocycles. The lowest BCUT2D eigenvalue weighted by Crippen LogP contribution is -2.54. The van der Waals surface area contributed by atoms with Gasteiger partial charge >= 0.3 is 0 Å². The van der Waals surface area contributed by atoms with Crippen LogP contribution in [0.4, 0.5) is 0 Å². The average molecular weight is 328 g/mol. The molecule has 0 spiro atoms. The smallest absolute Gasteiger partial charge is 0.262 e. The summed E-state index contributed by atoms with van der Waals surface area (Å²) in [4.78, 5) is 41.5. The van der Waals surface area contributed by atoms with Gasteiger partial charge in [-0.3, -0.25) is 19.3 Å². The lowest BCUT2D eigenvalue weighted by Gasteiger charge is -2.36. The standard InChI is InChI=1S/C19H24N2O3/c1-12(2)16(19(24)20-10-8-13(3)9-11-20)21-17(22)14-6-4-5-7-15(14)18(21)23/h4-7,12-13,16H,8-11H2,1-3H3/t16-/m0/s1. The first-order chi connectivity index (χ1) is 11.4. The molecule has 0 saturated carbocycles. The molecule has 0 unspecified atom stereocenters. The molecule has 2 heterocycles. The van der Waals surface area contributed by atoms with Crippen LogP contribution in [0.25, 0.3) is 0 Å². The van der Waals surface area contributed by atoms with Crippen molar-refractivity contribution in [2.24, 2.45) is 11.8 Å². The van der Waals surface area contributed by atoms with Crippen LogP contribution in [0.5, 0.6) is 0 Å². The van der Waals surface area contributed by atoms with Crippen molar-refractivity contribution in [1.82, 2.24) is 9.80 Å². The Balaban J connectivity index is 1.88. The van der Waals surface area contributed by atoms with Gasteiger partial charge in [0.15, 0.2) is 0 Å². The Morgan fingerprint density at radius 1 is 1.04 bits per heavy atom. The van der Waals surface area contributed by atoms with Crippen LogP contribution < -0.4 is 0 Å². The van der Waals surface area contributed by atoms with E-state index in [4.69, 9.17) is 0 Å². The molecule has 2 aliphatic rings. The predicted octanol–water partition coefficient (Wildman–Crippen LogP) is 2.57. The molecule has 0 aliphatic carbocycles. The minimum absolute atomic E-state index is 0.105. The number of hydrogen-bond donors (Lipinski definition) is 0. The maximum atomic E-state index is 13.1. The molecule has 3 rings (SSSR count). The first-order valence-electron chi connectivity index (χ1n) is 8.67. The fourth-order valence-corrected chi connectivity index (χ4v) is 3.57. The van der Waals surface area contributed by atoms with E-state index in [2.05, 4.69) is 6.92 Å². The number of nitrogens with zero attached hydrogens (tertiary/aromatic N) is 2. The number of carbonyl (C=O) groups is 3. The molecule has 0 bridgehead atoms. The number of carbonyl (C=O) groups excluding carboxylic acids is 3. The van der Waals surface area contributed by atoms with Gasteiger partial charge in [0.25, 0.3) is 11.8 Å². The molecule has 128 valence electrons. The van der Waals surface area contributed by atoms with E-state index in [1.54, 1.807) is 24.3 Å². The van der Waals surface area contributed by atoms with Crippen molar-refractivity contribution in [2.45, 2.75) is 39.7 Å². The second-order valence-electron chi connectivity index (χ2n) is 7.22. The lowest BCUT2D eigenvalue weighted by atomic mass is 9.96. The van der Waals surface area contributed by atoms with Crippen molar-refractivity contribution in [3.05, 3.63) is 35.4 Å². The molecular weight excluding hydrogens is 304 g/mol. The number of piperidine rings is 1. The van der Waals surface area contributed by atoms with E-state index < -0.39 is 6.04 Å². The van der Waals surface area contributed by atoms with Crippen LogP contribution in [0.15, 0.2) is 24.3 Å². The van der Waals surface area contributed by atoms with Gasteiger partial charge < -0.3 is 4.90 Å². The first-order valence-corrected chi connectivity index (χ1v) is 8.67. The molecule has 5 heteroatoms. The topological polar surface area (TPSA) is 57.7 Å². The third-order valence-corrected chi connectivity index (χ3v) is 5.08. The van der Waals surface area contributed by atoms with E-state index in [9.17, 15) is 14.4 Å². The number of amides is 3. The van der Waals surface area contributed by atoms with E-state index in [-0.39, 0.29) is 23.6 Å². The minimum atomic E-state index is -0.731. The number of fused-ring (bicyclic) bond motifs is 1. The monoisotopic (exact) mass is 328 g/mol. The summed E-state index contributed by atoms with van der Waals surface area (Å²) < 4.78 is 0. The van der Waals surface area contributed by atoms with E-state index in [1.165, 1.54) is 4.90 Å². The Labute approximate surface area is 142 Å². The van der Waals surface area contributed by atoms with Crippen molar-refractivity contribution >= 4 is 17.7 Å². The largest absolute Gasteiger partial charge is 0.341 e. The maximum Gasteiger partial charge on any atom is 0.262 e. The van der Waals surface area contributed by atoms with Gasteiger partial charge in [0.2, 0.25) is 5.91 Å². The number of hydrogen-bond acceptors (Lipinski definition) is 3. The highest BCUT2D eigenvalue weighted by molar-refractivity contribution is 6.22. The van der Waals surface area contributed by atoms with Gasteiger partial charge in [-0.05, 0) is 36.8 Å². The SMILES string of the molecule is CC1CCN(C(=O)[C@H](C(C)C)N2C(=O)c3ccccc3C2=O)CC1. The van der Waals surface area contributed by atoms with Crippen LogP contribution in [-0.4, -0.2) is 46.7 Å². The molecule has 1 saturated heterocycles. The Hall–Kier alpha value is -2.17. The molecule has 0 N–H and O–H groups in total. The third-order valence-electron chi connectivity index (χ3n) is 5.08. The molecular formula is C19H24N2O3. The molecule has 0 radical (unpaired) electrons. The third kappa shape index (κ3) is 2.72. The van der Waals surface area contributed by atoms with Crippen LogP contribution in [0.2, 0.25) is 0 Å². The molecule has 3 amide bonds. The Morgan fingerprint density at radius 2 is 1.54 bits per heavy atom. The van der Waals surface area contributed by atoms with Gasteiger partial charge in [0.1, 0.15) is 6.04 Å². The summed E-state index contributed by atoms with van der Waals surface area (Å²) in [5.41, 5.74) is 0.793. The normalized spacial score (nSPS) is 19.8. The van der Waals surface area contributed by atoms with Gasteiger partial charge in [0.05, 0.1) is 11.1 Å². The second-order valence-corrected chi connectivity index (χ2v) is 7.22. The molecule has 5 nitrogen and oxygen atoms in total. The Kier molecular flexibility index (Phi) is 4.43. The summed E-state index contributed by atoms with van der Waals surface area (Å²) in [5, 5.41) is 0. The van der Waals surface area contributed by atoms with Gasteiger partial charge in [-0.2, -0.15) is 0 Å². The van der Waals surface area contributed by atoms with Gasteiger partial charge in [0, 0.05) is 13.1 Å². The van der Waals surface area contributed by atoms with Gasteiger partial charge in [-0.15, -0.1) is 0 Å². The van der Waals surface area contributed by atoms with E-state index >= 15 is 0 Å². The highest BCUT2D eigenvalue weighted by Gasteiger charge is 2.45. The summed E-state index contributed by atoms with van der Waals surface area (Å²) >= 11 is 0. The predicted molar refractivity (Wildman–Crippen MR) is 90.5 cm³/mol. The van der Waals surface area contributed by atoms with Gasteiger partial charge in [-0.1, -0.05) is 32.9 Å².